The Kier molecular flexibility index (Phi) is 3.48. The molecule has 112 valence electrons. The van der Waals surface area contributed by atoms with Crippen LogP contribution in [0.4, 0.5) is 8.78 Å². The van der Waals surface area contributed by atoms with Gasteiger partial charge >= 0.3 is 12.1 Å². The molecule has 1 aromatic heterocycles. The lowest BCUT2D eigenvalue weighted by Gasteiger charge is -2.32. The number of para-hydroxylation sites is 2. The van der Waals surface area contributed by atoms with Crippen LogP contribution in [0.2, 0.25) is 0 Å². The molecule has 1 saturated heterocycles. The predicted molar refractivity (Wildman–Crippen MR) is 73.4 cm³/mol. The normalized spacial score (nSPS) is 16.8. The number of piperidine rings is 1. The molecule has 0 radical (unpaired) electrons. The minimum atomic E-state index is -2.96. The first-order valence-electron chi connectivity index (χ1n) is 6.84. The van der Waals surface area contributed by atoms with Crippen molar-refractivity contribution in [3.05, 3.63) is 34.7 Å². The van der Waals surface area contributed by atoms with Crippen molar-refractivity contribution < 1.29 is 13.6 Å². The monoisotopic (exact) mass is 295 g/mol. The molecule has 21 heavy (non-hydrogen) atoms. The third kappa shape index (κ3) is 2.43. The number of nitrogens with one attached hydrogen (secondary N) is 1. The van der Waals surface area contributed by atoms with E-state index in [4.69, 9.17) is 0 Å². The summed E-state index contributed by atoms with van der Waals surface area (Å²) in [5.74, 6) is -1.13. The van der Waals surface area contributed by atoms with Crippen molar-refractivity contribution in [3.63, 3.8) is 0 Å². The van der Waals surface area contributed by atoms with Gasteiger partial charge in [-0.1, -0.05) is 12.1 Å². The number of hydrogen-bond donors (Lipinski definition) is 1. The zero-order valence-electron chi connectivity index (χ0n) is 11.3. The van der Waals surface area contributed by atoms with Gasteiger partial charge in [-0.3, -0.25) is 9.36 Å². The fourth-order valence-electron chi connectivity index (χ4n) is 2.92. The quantitative estimate of drug-likeness (QED) is 0.917. The zero-order chi connectivity index (χ0) is 15.0. The van der Waals surface area contributed by atoms with Gasteiger partial charge in [0.1, 0.15) is 0 Å². The van der Waals surface area contributed by atoms with Gasteiger partial charge in [-0.05, 0) is 25.0 Å². The molecule has 1 fully saturated rings. The second-order valence-electron chi connectivity index (χ2n) is 5.17. The van der Waals surface area contributed by atoms with Gasteiger partial charge in [-0.2, -0.15) is 8.78 Å². The highest BCUT2D eigenvalue weighted by Crippen LogP contribution is 2.25. The summed E-state index contributed by atoms with van der Waals surface area (Å²) >= 11 is 0. The molecule has 3 rings (SSSR count). The number of halogens is 2. The number of hydrogen-bond acceptors (Lipinski definition) is 2. The Hall–Kier alpha value is -2.18. The lowest BCUT2D eigenvalue weighted by atomic mass is 10.0. The van der Waals surface area contributed by atoms with Crippen molar-refractivity contribution in [2.45, 2.75) is 25.3 Å². The van der Waals surface area contributed by atoms with Crippen LogP contribution < -0.4 is 5.69 Å². The van der Waals surface area contributed by atoms with E-state index in [1.165, 1.54) is 4.90 Å². The first kappa shape index (κ1) is 13.8. The van der Waals surface area contributed by atoms with E-state index in [0.29, 0.717) is 12.8 Å². The lowest BCUT2D eigenvalue weighted by Crippen LogP contribution is -2.43. The second kappa shape index (κ2) is 5.31. The summed E-state index contributed by atoms with van der Waals surface area (Å²) in [6.45, 7) is 0.500. The molecule has 0 aliphatic carbocycles. The van der Waals surface area contributed by atoms with Gasteiger partial charge in [0.25, 0.3) is 5.91 Å². The van der Waals surface area contributed by atoms with Crippen molar-refractivity contribution in [3.8, 4) is 0 Å². The third-order valence-electron chi connectivity index (χ3n) is 3.95. The molecule has 0 unspecified atom stereocenters. The largest absolute Gasteiger partial charge is 0.338 e. The number of benzene rings is 1. The molecule has 1 aliphatic rings. The molecule has 0 spiro atoms. The number of nitrogens with zero attached hydrogens (tertiary/aromatic N) is 2. The third-order valence-corrected chi connectivity index (χ3v) is 3.95. The number of likely N-dealkylation sites (tertiary alicyclic amines) is 1. The molecular weight excluding hydrogens is 280 g/mol. The summed E-state index contributed by atoms with van der Waals surface area (Å²) in [6, 6.07) is 7.29. The molecule has 5 nitrogen and oxygen atoms in total. The van der Waals surface area contributed by atoms with Gasteiger partial charge in [-0.25, -0.2) is 4.79 Å². The summed E-state index contributed by atoms with van der Waals surface area (Å²) in [4.78, 5) is 27.3. The zero-order valence-corrected chi connectivity index (χ0v) is 11.3. The van der Waals surface area contributed by atoms with Crippen molar-refractivity contribution >= 4 is 16.9 Å². The lowest BCUT2D eigenvalue weighted by molar-refractivity contribution is -0.144. The topological polar surface area (TPSA) is 58.1 Å². The fraction of sp³-hybridized carbons (Fsp3) is 0.429. The maximum Gasteiger partial charge on any atom is 0.326 e. The van der Waals surface area contributed by atoms with Gasteiger partial charge in [0.15, 0.2) is 0 Å². The second-order valence-corrected chi connectivity index (χ2v) is 5.17. The Balaban J connectivity index is 1.82. The van der Waals surface area contributed by atoms with E-state index in [9.17, 15) is 18.4 Å². The number of alkyl halides is 2. The van der Waals surface area contributed by atoms with Gasteiger partial charge in [-0.15, -0.1) is 0 Å². The van der Waals surface area contributed by atoms with Crippen molar-refractivity contribution in [1.29, 1.82) is 0 Å². The number of fused-ring (bicyclic) bond motifs is 1. The molecule has 1 aromatic carbocycles. The molecule has 1 amide bonds. The smallest absolute Gasteiger partial charge is 0.326 e. The molecule has 0 saturated carbocycles. The van der Waals surface area contributed by atoms with Crippen LogP contribution in [-0.4, -0.2) is 39.9 Å². The first-order valence-corrected chi connectivity index (χ1v) is 6.84. The number of amides is 1. The average molecular weight is 295 g/mol. The minimum Gasteiger partial charge on any atom is -0.338 e. The number of aromatic nitrogens is 2. The number of rotatable bonds is 2. The van der Waals surface area contributed by atoms with E-state index in [2.05, 4.69) is 4.98 Å². The molecule has 0 atom stereocenters. The molecule has 2 heterocycles. The van der Waals surface area contributed by atoms with Crippen LogP contribution in [0.1, 0.15) is 18.9 Å². The number of carbonyl (C=O) groups excluding carboxylic acids is 1. The first-order chi connectivity index (χ1) is 10.1. The van der Waals surface area contributed by atoms with Crippen molar-refractivity contribution in [2.75, 3.05) is 13.1 Å². The highest BCUT2D eigenvalue weighted by atomic mass is 19.3. The van der Waals surface area contributed by atoms with E-state index >= 15 is 0 Å². The average Bonchev–Trinajstić information content (AvgIpc) is 2.82. The minimum absolute atomic E-state index is 0.0737. The summed E-state index contributed by atoms with van der Waals surface area (Å²) in [7, 11) is 0. The highest BCUT2D eigenvalue weighted by Gasteiger charge is 2.29. The van der Waals surface area contributed by atoms with Crippen molar-refractivity contribution in [1.82, 2.24) is 14.5 Å². The Labute approximate surface area is 119 Å². The maximum absolute atomic E-state index is 12.4. The molecule has 1 aliphatic heterocycles. The summed E-state index contributed by atoms with van der Waals surface area (Å²) < 4.78 is 26.5. The molecular formula is C14H15F2N3O2. The summed E-state index contributed by atoms with van der Waals surface area (Å²) in [5, 5.41) is 0. The Morgan fingerprint density at radius 1 is 1.24 bits per heavy atom. The maximum atomic E-state index is 12.4. The molecule has 7 heteroatoms. The Morgan fingerprint density at radius 3 is 2.57 bits per heavy atom. The van der Waals surface area contributed by atoms with E-state index in [-0.39, 0.29) is 24.8 Å². The standard InChI is InChI=1S/C14H15F2N3O2/c15-12(16)13(20)18-7-5-9(6-8-18)19-11-4-2-1-3-10(11)17-14(19)21/h1-4,9,12H,5-8H2,(H,17,21). The number of H-pyrrole nitrogens is 1. The summed E-state index contributed by atoms with van der Waals surface area (Å²) in [6.07, 6.45) is -1.96. The van der Waals surface area contributed by atoms with E-state index in [1.54, 1.807) is 4.57 Å². The van der Waals surface area contributed by atoms with Crippen LogP contribution in [-0.2, 0) is 4.79 Å². The van der Waals surface area contributed by atoms with Gasteiger partial charge in [0, 0.05) is 19.1 Å². The van der Waals surface area contributed by atoms with Crippen LogP contribution in [0.25, 0.3) is 11.0 Å². The van der Waals surface area contributed by atoms with Crippen LogP contribution in [0.3, 0.4) is 0 Å². The van der Waals surface area contributed by atoms with Gasteiger partial charge < -0.3 is 9.88 Å². The highest BCUT2D eigenvalue weighted by molar-refractivity contribution is 5.79. The molecule has 2 aromatic rings. The van der Waals surface area contributed by atoms with E-state index in [0.717, 1.165) is 11.0 Å². The van der Waals surface area contributed by atoms with Crippen LogP contribution in [0, 0.1) is 0 Å². The van der Waals surface area contributed by atoms with Crippen LogP contribution in [0.5, 0.6) is 0 Å². The summed E-state index contributed by atoms with van der Waals surface area (Å²) in [5.41, 5.74) is 1.37. The molecule has 1 N–H and O–H groups in total. The number of carbonyl (C=O) groups is 1. The predicted octanol–water partition coefficient (Wildman–Crippen LogP) is 1.76. The fourth-order valence-corrected chi connectivity index (χ4v) is 2.92. The Bertz CT molecular complexity index is 714. The van der Waals surface area contributed by atoms with Gasteiger partial charge in [0.2, 0.25) is 0 Å². The number of imidazole rings is 1. The Morgan fingerprint density at radius 2 is 1.90 bits per heavy atom. The van der Waals surface area contributed by atoms with E-state index in [1.807, 2.05) is 24.3 Å². The SMILES string of the molecule is O=C(C(F)F)N1CCC(n2c(=O)[nH]c3ccccc32)CC1. The number of aromatic amines is 1. The van der Waals surface area contributed by atoms with Crippen LogP contribution >= 0.6 is 0 Å². The van der Waals surface area contributed by atoms with Crippen molar-refractivity contribution in [2.24, 2.45) is 0 Å². The molecule has 0 bridgehead atoms. The van der Waals surface area contributed by atoms with Gasteiger partial charge in [0.05, 0.1) is 11.0 Å². The van der Waals surface area contributed by atoms with E-state index < -0.39 is 12.3 Å². The van der Waals surface area contributed by atoms with Crippen LogP contribution in [0.15, 0.2) is 29.1 Å².